The highest BCUT2D eigenvalue weighted by molar-refractivity contribution is 6.06. The first-order valence-corrected chi connectivity index (χ1v) is 3.07. The minimum atomic E-state index is -0.301. The smallest absolute Gasteiger partial charge is 0.186 e. The van der Waals surface area contributed by atoms with Crippen molar-refractivity contribution >= 4 is 14.3 Å². The summed E-state index contributed by atoms with van der Waals surface area (Å²) in [6.45, 7) is 0.628. The fourth-order valence-electron chi connectivity index (χ4n) is 1.16. The minimum Gasteiger partial charge on any atom is -0.392 e. The zero-order valence-corrected chi connectivity index (χ0v) is 5.45. The van der Waals surface area contributed by atoms with Crippen LogP contribution in [-0.2, 0) is 4.79 Å². The fraction of sp³-hybridized carbons (Fsp3) is 0.800. The van der Waals surface area contributed by atoms with Crippen LogP contribution in [0.5, 0.6) is 0 Å². The molecular formula is C5H10BNO2. The van der Waals surface area contributed by atoms with Crippen LogP contribution < -0.4 is 0 Å². The Hall–Kier alpha value is -0.345. The van der Waals surface area contributed by atoms with E-state index in [9.17, 15) is 4.79 Å². The molecule has 2 atom stereocenters. The summed E-state index contributed by atoms with van der Waals surface area (Å²) in [5.41, 5.74) is 0. The number of rotatable bonds is 1. The number of aldehydes is 1. The van der Waals surface area contributed by atoms with Crippen LogP contribution in [-0.4, -0.2) is 42.9 Å². The summed E-state index contributed by atoms with van der Waals surface area (Å²) in [7, 11) is 1.84. The molecule has 0 spiro atoms. The maximum absolute atomic E-state index is 10.2. The van der Waals surface area contributed by atoms with Crippen LogP contribution in [0.2, 0.25) is 0 Å². The lowest BCUT2D eigenvalue weighted by atomic mass is 10.2. The van der Waals surface area contributed by atoms with Crippen molar-refractivity contribution in [2.45, 2.75) is 18.6 Å². The SMILES string of the molecule is BN1C[C@H](O)C[C@H]1C=O. The molecule has 0 saturated carbocycles. The van der Waals surface area contributed by atoms with Gasteiger partial charge in [0, 0.05) is 6.54 Å². The Labute approximate surface area is 55.1 Å². The zero-order valence-electron chi connectivity index (χ0n) is 5.45. The molecule has 0 aliphatic carbocycles. The van der Waals surface area contributed by atoms with Crippen LogP contribution in [0, 0.1) is 0 Å². The van der Waals surface area contributed by atoms with Gasteiger partial charge in [-0.25, -0.2) is 0 Å². The van der Waals surface area contributed by atoms with E-state index < -0.39 is 0 Å². The van der Waals surface area contributed by atoms with Gasteiger partial charge in [-0.2, -0.15) is 0 Å². The Morgan fingerprint density at radius 2 is 2.44 bits per heavy atom. The van der Waals surface area contributed by atoms with Crippen LogP contribution in [0.4, 0.5) is 0 Å². The molecule has 1 heterocycles. The van der Waals surface area contributed by atoms with Crippen molar-refractivity contribution in [3.05, 3.63) is 0 Å². The van der Waals surface area contributed by atoms with Gasteiger partial charge >= 0.3 is 0 Å². The first kappa shape index (κ1) is 6.77. The molecular weight excluding hydrogens is 117 g/mol. The highest BCUT2D eigenvalue weighted by Crippen LogP contribution is 2.12. The number of nitrogens with zero attached hydrogens (tertiary/aromatic N) is 1. The summed E-state index contributed by atoms with van der Waals surface area (Å²) in [6, 6.07) is -0.0556. The van der Waals surface area contributed by atoms with E-state index in [1.807, 2.05) is 12.8 Å². The second kappa shape index (κ2) is 2.50. The summed E-state index contributed by atoms with van der Waals surface area (Å²) >= 11 is 0. The Bertz CT molecular complexity index is 120. The van der Waals surface area contributed by atoms with Gasteiger partial charge in [-0.3, -0.25) is 0 Å². The largest absolute Gasteiger partial charge is 0.392 e. The second-order valence-electron chi connectivity index (χ2n) is 2.53. The van der Waals surface area contributed by atoms with Crippen molar-refractivity contribution in [3.8, 4) is 0 Å². The molecule has 0 amide bonds. The second-order valence-corrected chi connectivity index (χ2v) is 2.53. The van der Waals surface area contributed by atoms with E-state index >= 15 is 0 Å². The lowest BCUT2D eigenvalue weighted by Crippen LogP contribution is -2.27. The number of hydrogen-bond acceptors (Lipinski definition) is 3. The van der Waals surface area contributed by atoms with Gasteiger partial charge in [0.05, 0.1) is 12.1 Å². The van der Waals surface area contributed by atoms with E-state index in [2.05, 4.69) is 0 Å². The third-order valence-electron chi connectivity index (χ3n) is 1.74. The summed E-state index contributed by atoms with van der Waals surface area (Å²) in [4.78, 5) is 12.1. The van der Waals surface area contributed by atoms with Crippen molar-refractivity contribution in [1.29, 1.82) is 0 Å². The molecule has 1 rings (SSSR count). The predicted octanol–water partition coefficient (Wildman–Crippen LogP) is -1.83. The molecule has 0 unspecified atom stereocenters. The van der Waals surface area contributed by atoms with Crippen molar-refractivity contribution in [2.24, 2.45) is 0 Å². The number of β-amino-alcohol motifs (C(OH)–C–C–N with tert-alkyl or cyclic N) is 1. The average Bonchev–Trinajstić information content (AvgIpc) is 2.10. The van der Waals surface area contributed by atoms with E-state index in [1.165, 1.54) is 0 Å². The van der Waals surface area contributed by atoms with Crippen LogP contribution in [0.25, 0.3) is 0 Å². The van der Waals surface area contributed by atoms with Gasteiger partial charge in [-0.05, 0) is 6.42 Å². The summed E-state index contributed by atoms with van der Waals surface area (Å²) in [5, 5.41) is 9.00. The maximum Gasteiger partial charge on any atom is 0.186 e. The first-order valence-electron chi connectivity index (χ1n) is 3.07. The predicted molar refractivity (Wildman–Crippen MR) is 35.7 cm³/mol. The molecule has 0 bridgehead atoms. The Balaban J connectivity index is 2.47. The Morgan fingerprint density at radius 3 is 2.67 bits per heavy atom. The number of carbonyl (C=O) groups is 1. The Morgan fingerprint density at radius 1 is 1.78 bits per heavy atom. The van der Waals surface area contributed by atoms with Crippen LogP contribution in [0.15, 0.2) is 0 Å². The normalized spacial score (nSPS) is 37.0. The summed E-state index contributed by atoms with van der Waals surface area (Å²) < 4.78 is 0. The molecule has 4 heteroatoms. The zero-order chi connectivity index (χ0) is 6.85. The quantitative estimate of drug-likeness (QED) is 0.332. The molecule has 9 heavy (non-hydrogen) atoms. The monoisotopic (exact) mass is 127 g/mol. The van der Waals surface area contributed by atoms with Crippen LogP contribution in [0.3, 0.4) is 0 Å². The van der Waals surface area contributed by atoms with Crippen LogP contribution in [0.1, 0.15) is 6.42 Å². The van der Waals surface area contributed by atoms with E-state index in [-0.39, 0.29) is 12.1 Å². The van der Waals surface area contributed by atoms with Gasteiger partial charge in [-0.1, -0.05) is 0 Å². The third-order valence-corrected chi connectivity index (χ3v) is 1.74. The van der Waals surface area contributed by atoms with Gasteiger partial charge in [0.2, 0.25) is 0 Å². The molecule has 0 aromatic heterocycles. The van der Waals surface area contributed by atoms with E-state index in [1.54, 1.807) is 0 Å². The third kappa shape index (κ3) is 1.31. The van der Waals surface area contributed by atoms with E-state index in [0.717, 1.165) is 6.29 Å². The number of hydrogen-bond donors (Lipinski definition) is 1. The van der Waals surface area contributed by atoms with Gasteiger partial charge in [0.15, 0.2) is 7.98 Å². The molecule has 1 aliphatic rings. The highest BCUT2D eigenvalue weighted by Gasteiger charge is 2.26. The molecule has 1 fully saturated rings. The number of aliphatic hydroxyl groups excluding tert-OH is 1. The standard InChI is InChI=1S/C5H10BNO2/c6-7-2-5(9)1-4(7)3-8/h3-5,9H,1-2,6H2/t4-,5+/m0/s1. The summed E-state index contributed by atoms with van der Waals surface area (Å²) in [6.07, 6.45) is 1.18. The van der Waals surface area contributed by atoms with Crippen molar-refractivity contribution in [3.63, 3.8) is 0 Å². The Kier molecular flexibility index (Phi) is 1.88. The molecule has 3 nitrogen and oxygen atoms in total. The highest BCUT2D eigenvalue weighted by atomic mass is 16.3. The number of aliphatic hydroxyl groups is 1. The minimum absolute atomic E-state index is 0.0556. The van der Waals surface area contributed by atoms with E-state index in [4.69, 9.17) is 5.11 Å². The molecule has 1 saturated heterocycles. The van der Waals surface area contributed by atoms with Gasteiger partial charge < -0.3 is 14.7 Å². The lowest BCUT2D eigenvalue weighted by molar-refractivity contribution is -0.110. The molecule has 1 N–H and O–H groups in total. The van der Waals surface area contributed by atoms with Gasteiger partial charge in [0.1, 0.15) is 6.29 Å². The lowest BCUT2D eigenvalue weighted by Gasteiger charge is -2.10. The molecule has 0 radical (unpaired) electrons. The maximum atomic E-state index is 10.2. The average molecular weight is 127 g/mol. The van der Waals surface area contributed by atoms with Crippen molar-refractivity contribution in [1.82, 2.24) is 4.81 Å². The fourth-order valence-corrected chi connectivity index (χ4v) is 1.16. The van der Waals surface area contributed by atoms with E-state index in [0.29, 0.717) is 13.0 Å². The molecule has 0 aromatic rings. The van der Waals surface area contributed by atoms with Crippen LogP contribution >= 0.6 is 0 Å². The molecule has 1 aliphatic heterocycles. The van der Waals surface area contributed by atoms with Gasteiger partial charge in [0.25, 0.3) is 0 Å². The summed E-state index contributed by atoms with van der Waals surface area (Å²) in [5.74, 6) is 0. The number of carbonyl (C=O) groups excluding carboxylic acids is 1. The molecule has 0 aromatic carbocycles. The first-order chi connectivity index (χ1) is 4.24. The van der Waals surface area contributed by atoms with Gasteiger partial charge in [-0.15, -0.1) is 0 Å². The van der Waals surface area contributed by atoms with Crippen molar-refractivity contribution in [2.75, 3.05) is 6.54 Å². The van der Waals surface area contributed by atoms with Crippen molar-refractivity contribution < 1.29 is 9.90 Å². The molecule has 50 valence electrons. The topological polar surface area (TPSA) is 40.5 Å².